The zero-order chi connectivity index (χ0) is 31.1. The topological polar surface area (TPSA) is 183 Å². The van der Waals surface area contributed by atoms with Gasteiger partial charge in [-0.2, -0.15) is 0 Å². The van der Waals surface area contributed by atoms with Crippen LogP contribution < -0.4 is 15.8 Å². The summed E-state index contributed by atoms with van der Waals surface area (Å²) in [7, 11) is 1.53. The second-order valence-electron chi connectivity index (χ2n) is 11.6. The molecule has 1 aromatic carbocycles. The Labute approximate surface area is 238 Å². The van der Waals surface area contributed by atoms with Crippen LogP contribution in [0, 0.1) is 11.3 Å². The van der Waals surface area contributed by atoms with Gasteiger partial charge < -0.3 is 36.2 Å². The summed E-state index contributed by atoms with van der Waals surface area (Å²) in [5.41, 5.74) is -1.50. The molecule has 11 nitrogen and oxygen atoms in total. The molecule has 0 bridgehead atoms. The number of carbonyl (C=O) groups excluding carboxylic acids is 3. The Morgan fingerprint density at radius 1 is 1.26 bits per heavy atom. The number of likely N-dealkylation sites (N-methyl/N-ethyl adjacent to an activating group) is 1. The van der Waals surface area contributed by atoms with Crippen LogP contribution in [0.25, 0.3) is 0 Å². The molecule has 1 saturated heterocycles. The van der Waals surface area contributed by atoms with Crippen molar-refractivity contribution in [3.05, 3.63) is 45.4 Å². The fourth-order valence-electron chi connectivity index (χ4n) is 7.42. The number of rotatable bonds is 5. The number of allylic oxidation sites excluding steroid dienone is 1. The third kappa shape index (κ3) is 4.02. The van der Waals surface area contributed by atoms with Crippen LogP contribution >= 0.6 is 0 Å². The van der Waals surface area contributed by atoms with Crippen molar-refractivity contribution in [3.63, 3.8) is 0 Å². The van der Waals surface area contributed by atoms with Gasteiger partial charge in [0.1, 0.15) is 28.6 Å². The minimum atomic E-state index is -5.13. The molecular weight excluding hydrogens is 563 g/mol. The Balaban J connectivity index is 1.76. The number of primary amides is 1. The zero-order valence-corrected chi connectivity index (χ0v) is 23.1. The molecular formula is C28H32F3N3O8. The lowest BCUT2D eigenvalue weighted by Crippen LogP contribution is -2.70. The molecule has 1 fully saturated rings. The highest BCUT2D eigenvalue weighted by molar-refractivity contribution is 6.25. The minimum absolute atomic E-state index is 0.0205. The monoisotopic (exact) mass is 595 g/mol. The summed E-state index contributed by atoms with van der Waals surface area (Å²) >= 11 is 0. The molecule has 1 amide bonds. The average molecular weight is 596 g/mol. The van der Waals surface area contributed by atoms with Gasteiger partial charge in [0.25, 0.3) is 5.91 Å². The number of fused-ring (bicyclic) bond motifs is 3. The Hall–Kier alpha value is -3.62. The standard InChI is InChI=1S/C28H32F3N3O8/c1-4-34(3)22-20(37)18(25(32)40)24(39)27(41)23(38)16-11(10-26(22,27)2)8-13-17(19(16)36)15(35)9-12(14-6-5-7-33-14)21(13)42-28(29,30)31/h9,11,14,22,33,35,37-38,41H,4-8,10H2,1-3H3,(H2,32,40)/t11-,14?,22+,26-,27-/m0/s1. The molecule has 0 saturated carbocycles. The van der Waals surface area contributed by atoms with Gasteiger partial charge in [0.15, 0.2) is 11.4 Å². The van der Waals surface area contributed by atoms with Crippen LogP contribution in [0.4, 0.5) is 13.2 Å². The zero-order valence-electron chi connectivity index (χ0n) is 23.1. The van der Waals surface area contributed by atoms with Gasteiger partial charge in [-0.25, -0.2) is 0 Å². The van der Waals surface area contributed by atoms with Gasteiger partial charge in [-0.15, -0.1) is 13.2 Å². The number of alkyl halides is 3. The van der Waals surface area contributed by atoms with Crippen molar-refractivity contribution in [2.24, 2.45) is 17.1 Å². The highest BCUT2D eigenvalue weighted by Gasteiger charge is 2.69. The van der Waals surface area contributed by atoms with Crippen molar-refractivity contribution in [1.29, 1.82) is 0 Å². The molecule has 42 heavy (non-hydrogen) atoms. The van der Waals surface area contributed by atoms with E-state index in [1.807, 2.05) is 0 Å². The first-order valence-corrected chi connectivity index (χ1v) is 13.6. The normalized spacial score (nSPS) is 31.3. The molecule has 228 valence electrons. The Morgan fingerprint density at radius 3 is 2.48 bits per heavy atom. The van der Waals surface area contributed by atoms with Gasteiger partial charge in [-0.3, -0.25) is 19.3 Å². The molecule has 1 heterocycles. The van der Waals surface area contributed by atoms with E-state index in [0.29, 0.717) is 19.4 Å². The van der Waals surface area contributed by atoms with Crippen molar-refractivity contribution in [3.8, 4) is 11.5 Å². The minimum Gasteiger partial charge on any atom is -0.510 e. The van der Waals surface area contributed by atoms with E-state index in [1.165, 1.54) is 18.9 Å². The highest BCUT2D eigenvalue weighted by Crippen LogP contribution is 2.59. The van der Waals surface area contributed by atoms with E-state index in [2.05, 4.69) is 10.1 Å². The number of phenols is 1. The maximum atomic E-state index is 13.9. The quantitative estimate of drug-likeness (QED) is 0.276. The van der Waals surface area contributed by atoms with Crippen LogP contribution in [0.5, 0.6) is 11.5 Å². The van der Waals surface area contributed by atoms with Crippen molar-refractivity contribution in [1.82, 2.24) is 10.2 Å². The first-order valence-electron chi connectivity index (χ1n) is 13.6. The van der Waals surface area contributed by atoms with E-state index >= 15 is 0 Å². The number of hydrogen-bond acceptors (Lipinski definition) is 10. The number of aliphatic hydroxyl groups is 3. The maximum Gasteiger partial charge on any atom is 0.573 e. The molecule has 1 aliphatic heterocycles. The Bertz CT molecular complexity index is 1460. The van der Waals surface area contributed by atoms with Crippen molar-refractivity contribution >= 4 is 17.5 Å². The number of aromatic hydroxyl groups is 1. The number of ketones is 2. The summed E-state index contributed by atoms with van der Waals surface area (Å²) in [6, 6.07) is -0.827. The second-order valence-corrected chi connectivity index (χ2v) is 11.6. The number of nitrogens with zero attached hydrogens (tertiary/aromatic N) is 1. The molecule has 0 aromatic heterocycles. The SMILES string of the molecule is CCN(C)[C@@H]1C(O)=C(C(N)=O)C(=O)[C@@]2(O)C(O)=C3C(=O)c4c(O)cc(C5CCCN5)c(OC(F)(F)F)c4C[C@H]3C[C@@]12C. The number of carbonyl (C=O) groups is 3. The number of ether oxygens (including phenoxy) is 1. The summed E-state index contributed by atoms with van der Waals surface area (Å²) < 4.78 is 45.5. The van der Waals surface area contributed by atoms with E-state index in [0.717, 1.165) is 6.07 Å². The molecule has 14 heteroatoms. The van der Waals surface area contributed by atoms with Gasteiger partial charge in [0.2, 0.25) is 5.78 Å². The third-order valence-electron chi connectivity index (χ3n) is 9.33. The number of phenolic OH excluding ortho intramolecular Hbond substituents is 1. The second kappa shape index (κ2) is 9.71. The maximum absolute atomic E-state index is 13.9. The lowest BCUT2D eigenvalue weighted by Gasteiger charge is -2.57. The van der Waals surface area contributed by atoms with Gasteiger partial charge in [-0.05, 0) is 57.8 Å². The lowest BCUT2D eigenvalue weighted by molar-refractivity contribution is -0.275. The Kier molecular flexibility index (Phi) is 6.90. The lowest BCUT2D eigenvalue weighted by atomic mass is 9.51. The molecule has 0 spiro atoms. The van der Waals surface area contributed by atoms with Crippen LogP contribution in [0.2, 0.25) is 0 Å². The van der Waals surface area contributed by atoms with Crippen LogP contribution in [-0.4, -0.2) is 80.9 Å². The number of hydrogen-bond donors (Lipinski definition) is 6. The first-order chi connectivity index (χ1) is 19.5. The van der Waals surface area contributed by atoms with Crippen LogP contribution in [0.1, 0.15) is 60.6 Å². The highest BCUT2D eigenvalue weighted by atomic mass is 19.4. The number of nitrogens with two attached hydrogens (primary N) is 1. The first kappa shape index (κ1) is 29.9. The number of nitrogens with one attached hydrogen (secondary N) is 1. The molecule has 1 aromatic rings. The van der Waals surface area contributed by atoms with Gasteiger partial charge in [-0.1, -0.05) is 13.8 Å². The molecule has 5 rings (SSSR count). The van der Waals surface area contributed by atoms with E-state index in [1.54, 1.807) is 6.92 Å². The molecule has 4 aliphatic rings. The van der Waals surface area contributed by atoms with Crippen LogP contribution in [-0.2, 0) is 16.0 Å². The van der Waals surface area contributed by atoms with Gasteiger partial charge >= 0.3 is 6.36 Å². The van der Waals surface area contributed by atoms with Gasteiger partial charge in [0.05, 0.1) is 11.6 Å². The molecule has 0 radical (unpaired) electrons. The van der Waals surface area contributed by atoms with E-state index in [4.69, 9.17) is 5.73 Å². The van der Waals surface area contributed by atoms with Crippen molar-refractivity contribution in [2.45, 2.75) is 63.6 Å². The number of aliphatic hydroxyl groups excluding tert-OH is 2. The third-order valence-corrected chi connectivity index (χ3v) is 9.33. The number of Topliss-reactive ketones (excluding diaryl/α,β-unsaturated/α-hetero) is 2. The van der Waals surface area contributed by atoms with Crippen molar-refractivity contribution in [2.75, 3.05) is 20.1 Å². The Morgan fingerprint density at radius 2 is 1.93 bits per heavy atom. The summed E-state index contributed by atoms with van der Waals surface area (Å²) in [6.45, 7) is 3.84. The fourth-order valence-corrected chi connectivity index (χ4v) is 7.42. The smallest absolute Gasteiger partial charge is 0.510 e. The molecule has 1 unspecified atom stereocenters. The van der Waals surface area contributed by atoms with Crippen LogP contribution in [0.3, 0.4) is 0 Å². The molecule has 5 atom stereocenters. The number of halogens is 3. The average Bonchev–Trinajstić information content (AvgIpc) is 3.41. The van der Waals surface area contributed by atoms with E-state index in [9.17, 15) is 48.0 Å². The summed E-state index contributed by atoms with van der Waals surface area (Å²) in [5.74, 6) is -8.06. The predicted octanol–water partition coefficient (Wildman–Crippen LogP) is 2.22. The van der Waals surface area contributed by atoms with Gasteiger partial charge in [0, 0.05) is 28.2 Å². The molecule has 7 N–H and O–H groups in total. The van der Waals surface area contributed by atoms with E-state index in [-0.39, 0.29) is 30.5 Å². The summed E-state index contributed by atoms with van der Waals surface area (Å²) in [6.07, 6.45) is -4.64. The van der Waals surface area contributed by atoms with Crippen LogP contribution in [0.15, 0.2) is 28.7 Å². The largest absolute Gasteiger partial charge is 0.573 e. The number of benzene rings is 1. The summed E-state index contributed by atoms with van der Waals surface area (Å²) in [5, 5.41) is 48.6. The van der Waals surface area contributed by atoms with E-state index < -0.39 is 92.6 Å². The summed E-state index contributed by atoms with van der Waals surface area (Å²) in [4.78, 5) is 41.3. The number of amides is 1. The predicted molar refractivity (Wildman–Crippen MR) is 140 cm³/mol. The van der Waals surface area contributed by atoms with Crippen molar-refractivity contribution < 1.29 is 52.7 Å². The molecule has 3 aliphatic carbocycles. The fraction of sp³-hybridized carbons (Fsp3) is 0.536.